The summed E-state index contributed by atoms with van der Waals surface area (Å²) < 4.78 is 5.50. The summed E-state index contributed by atoms with van der Waals surface area (Å²) in [6, 6.07) is 3.76. The van der Waals surface area contributed by atoms with Crippen LogP contribution in [0.3, 0.4) is 0 Å². The number of pyridine rings is 1. The molecular formula is C11H18N2O. The molecule has 0 amide bonds. The predicted molar refractivity (Wildman–Crippen MR) is 57.8 cm³/mol. The van der Waals surface area contributed by atoms with Gasteiger partial charge in [-0.25, -0.2) is 4.98 Å². The maximum absolute atomic E-state index is 5.54. The van der Waals surface area contributed by atoms with Crippen LogP contribution in [0, 0.1) is 5.92 Å². The monoisotopic (exact) mass is 194 g/mol. The summed E-state index contributed by atoms with van der Waals surface area (Å²) in [7, 11) is 0. The van der Waals surface area contributed by atoms with E-state index in [0.29, 0.717) is 18.3 Å². The second-order valence-electron chi connectivity index (χ2n) is 3.82. The molecule has 0 unspecified atom stereocenters. The van der Waals surface area contributed by atoms with Crippen molar-refractivity contribution in [3.05, 3.63) is 23.9 Å². The van der Waals surface area contributed by atoms with Crippen molar-refractivity contribution in [1.82, 2.24) is 4.98 Å². The summed E-state index contributed by atoms with van der Waals surface area (Å²) in [5.74, 6) is 1.24. The predicted octanol–water partition coefficient (Wildman–Crippen LogP) is 2.23. The topological polar surface area (TPSA) is 48.1 Å². The van der Waals surface area contributed by atoms with E-state index in [1.807, 2.05) is 12.1 Å². The Hall–Kier alpha value is -1.09. The highest BCUT2D eigenvalue weighted by Gasteiger charge is 1.96. The lowest BCUT2D eigenvalue weighted by Crippen LogP contribution is -2.00. The molecule has 3 nitrogen and oxygen atoms in total. The molecule has 0 aromatic carbocycles. The van der Waals surface area contributed by atoms with Crippen LogP contribution in [-0.4, -0.2) is 11.6 Å². The summed E-state index contributed by atoms with van der Waals surface area (Å²) in [6.07, 6.45) is 2.80. The fourth-order valence-electron chi connectivity index (χ4n) is 1.09. The molecule has 1 rings (SSSR count). The van der Waals surface area contributed by atoms with Gasteiger partial charge in [0.1, 0.15) is 5.82 Å². The van der Waals surface area contributed by atoms with Crippen LogP contribution in [0.2, 0.25) is 0 Å². The molecule has 3 heteroatoms. The van der Waals surface area contributed by atoms with Crippen LogP contribution in [0.1, 0.15) is 25.8 Å². The standard InChI is InChI=1S/C11H18N2O/c1-9(2)4-6-14-8-10-3-5-13-11(12)7-10/h3,5,7,9H,4,6,8H2,1-2H3,(H2,12,13). The van der Waals surface area contributed by atoms with Crippen molar-refractivity contribution in [2.75, 3.05) is 12.3 Å². The van der Waals surface area contributed by atoms with Crippen molar-refractivity contribution in [3.8, 4) is 0 Å². The Bertz CT molecular complexity index is 274. The third kappa shape index (κ3) is 4.23. The Balaban J connectivity index is 2.25. The van der Waals surface area contributed by atoms with Gasteiger partial charge >= 0.3 is 0 Å². The molecule has 0 radical (unpaired) electrons. The van der Waals surface area contributed by atoms with Crippen LogP contribution >= 0.6 is 0 Å². The summed E-state index contributed by atoms with van der Waals surface area (Å²) >= 11 is 0. The van der Waals surface area contributed by atoms with Gasteiger partial charge in [-0.1, -0.05) is 13.8 Å². The molecule has 14 heavy (non-hydrogen) atoms. The molecule has 0 spiro atoms. The normalized spacial score (nSPS) is 10.8. The van der Waals surface area contributed by atoms with E-state index in [4.69, 9.17) is 10.5 Å². The SMILES string of the molecule is CC(C)CCOCc1ccnc(N)c1. The van der Waals surface area contributed by atoms with Crippen LogP contribution < -0.4 is 5.73 Å². The number of nitrogens with zero attached hydrogens (tertiary/aromatic N) is 1. The molecule has 0 saturated heterocycles. The molecule has 78 valence electrons. The number of rotatable bonds is 5. The molecule has 0 aliphatic rings. The minimum atomic E-state index is 0.551. The van der Waals surface area contributed by atoms with E-state index in [1.165, 1.54) is 0 Å². The molecule has 0 aliphatic carbocycles. The largest absolute Gasteiger partial charge is 0.384 e. The first kappa shape index (κ1) is 11.0. The molecule has 0 atom stereocenters. The zero-order valence-corrected chi connectivity index (χ0v) is 8.86. The molecule has 0 fully saturated rings. The highest BCUT2D eigenvalue weighted by atomic mass is 16.5. The first-order chi connectivity index (χ1) is 6.68. The zero-order valence-electron chi connectivity index (χ0n) is 8.86. The Labute approximate surface area is 85.3 Å². The molecule has 0 aliphatic heterocycles. The molecule has 1 aromatic rings. The van der Waals surface area contributed by atoms with Crippen molar-refractivity contribution in [2.45, 2.75) is 26.9 Å². The maximum atomic E-state index is 5.54. The average molecular weight is 194 g/mol. The van der Waals surface area contributed by atoms with E-state index in [0.717, 1.165) is 18.6 Å². The lowest BCUT2D eigenvalue weighted by molar-refractivity contribution is 0.110. The van der Waals surface area contributed by atoms with Gasteiger partial charge < -0.3 is 10.5 Å². The smallest absolute Gasteiger partial charge is 0.123 e. The van der Waals surface area contributed by atoms with Gasteiger partial charge in [-0.2, -0.15) is 0 Å². The van der Waals surface area contributed by atoms with Gasteiger partial charge in [-0.15, -0.1) is 0 Å². The minimum Gasteiger partial charge on any atom is -0.384 e. The summed E-state index contributed by atoms with van der Waals surface area (Å²) in [5.41, 5.74) is 6.63. The molecule has 2 N–H and O–H groups in total. The molecule has 1 aromatic heterocycles. The molecule has 1 heterocycles. The van der Waals surface area contributed by atoms with Crippen molar-refractivity contribution in [3.63, 3.8) is 0 Å². The second kappa shape index (κ2) is 5.60. The van der Waals surface area contributed by atoms with E-state index >= 15 is 0 Å². The van der Waals surface area contributed by atoms with Crippen LogP contribution in [0.5, 0.6) is 0 Å². The lowest BCUT2D eigenvalue weighted by atomic mass is 10.1. The fourth-order valence-corrected chi connectivity index (χ4v) is 1.09. The van der Waals surface area contributed by atoms with Crippen LogP contribution in [0.4, 0.5) is 5.82 Å². The number of hydrogen-bond donors (Lipinski definition) is 1. The van der Waals surface area contributed by atoms with Gasteiger partial charge in [0.05, 0.1) is 6.61 Å². The Morgan fingerprint density at radius 1 is 1.50 bits per heavy atom. The summed E-state index contributed by atoms with van der Waals surface area (Å²) in [5, 5.41) is 0. The van der Waals surface area contributed by atoms with Gasteiger partial charge in [0.25, 0.3) is 0 Å². The van der Waals surface area contributed by atoms with E-state index in [1.54, 1.807) is 6.20 Å². The van der Waals surface area contributed by atoms with Crippen molar-refractivity contribution >= 4 is 5.82 Å². The van der Waals surface area contributed by atoms with Crippen LogP contribution in [0.15, 0.2) is 18.3 Å². The first-order valence-corrected chi connectivity index (χ1v) is 4.96. The number of nitrogen functional groups attached to an aromatic ring is 1. The Morgan fingerprint density at radius 3 is 2.93 bits per heavy atom. The van der Waals surface area contributed by atoms with Crippen LogP contribution in [0.25, 0.3) is 0 Å². The van der Waals surface area contributed by atoms with Crippen molar-refractivity contribution in [2.24, 2.45) is 5.92 Å². The number of ether oxygens (including phenoxy) is 1. The number of hydrogen-bond acceptors (Lipinski definition) is 3. The van der Waals surface area contributed by atoms with Gasteiger partial charge in [0.2, 0.25) is 0 Å². The van der Waals surface area contributed by atoms with Gasteiger partial charge in [-0.3, -0.25) is 0 Å². The quantitative estimate of drug-likeness (QED) is 0.731. The lowest BCUT2D eigenvalue weighted by Gasteiger charge is -2.06. The van der Waals surface area contributed by atoms with E-state index < -0.39 is 0 Å². The highest BCUT2D eigenvalue weighted by Crippen LogP contribution is 2.06. The third-order valence-corrected chi connectivity index (χ3v) is 1.95. The zero-order chi connectivity index (χ0) is 10.4. The highest BCUT2D eigenvalue weighted by molar-refractivity contribution is 5.31. The Morgan fingerprint density at radius 2 is 2.29 bits per heavy atom. The number of anilines is 1. The van der Waals surface area contributed by atoms with E-state index in [9.17, 15) is 0 Å². The second-order valence-corrected chi connectivity index (χ2v) is 3.82. The maximum Gasteiger partial charge on any atom is 0.123 e. The molecule has 0 saturated carbocycles. The van der Waals surface area contributed by atoms with Gasteiger partial charge in [0.15, 0.2) is 0 Å². The first-order valence-electron chi connectivity index (χ1n) is 4.96. The van der Waals surface area contributed by atoms with E-state index in [2.05, 4.69) is 18.8 Å². The third-order valence-electron chi connectivity index (χ3n) is 1.95. The molecule has 0 bridgehead atoms. The summed E-state index contributed by atoms with van der Waals surface area (Å²) in [4.78, 5) is 3.92. The van der Waals surface area contributed by atoms with Crippen molar-refractivity contribution < 1.29 is 4.74 Å². The number of nitrogens with two attached hydrogens (primary N) is 1. The van der Waals surface area contributed by atoms with E-state index in [-0.39, 0.29) is 0 Å². The van der Waals surface area contributed by atoms with Crippen LogP contribution in [-0.2, 0) is 11.3 Å². The van der Waals surface area contributed by atoms with Crippen molar-refractivity contribution in [1.29, 1.82) is 0 Å². The Kier molecular flexibility index (Phi) is 4.40. The summed E-state index contributed by atoms with van der Waals surface area (Å²) in [6.45, 7) is 5.81. The fraction of sp³-hybridized carbons (Fsp3) is 0.545. The average Bonchev–Trinajstić information content (AvgIpc) is 2.12. The minimum absolute atomic E-state index is 0.551. The van der Waals surface area contributed by atoms with Gasteiger partial charge in [0, 0.05) is 12.8 Å². The van der Waals surface area contributed by atoms with Gasteiger partial charge in [-0.05, 0) is 30.0 Å². The number of aromatic nitrogens is 1. The molecular weight excluding hydrogens is 176 g/mol.